The molecule has 0 bridgehead atoms. The van der Waals surface area contributed by atoms with Crippen LogP contribution in [0.3, 0.4) is 0 Å². The maximum absolute atomic E-state index is 11.5. The Bertz CT molecular complexity index is 344. The summed E-state index contributed by atoms with van der Waals surface area (Å²) < 4.78 is 0. The van der Waals surface area contributed by atoms with Crippen LogP contribution in [0.2, 0.25) is 0 Å². The van der Waals surface area contributed by atoms with Gasteiger partial charge in [-0.2, -0.15) is 0 Å². The molecule has 2 rings (SSSR count). The van der Waals surface area contributed by atoms with Crippen LogP contribution in [0.5, 0.6) is 0 Å². The van der Waals surface area contributed by atoms with Crippen LogP contribution in [-0.2, 0) is 12.8 Å². The quantitative estimate of drug-likeness (QED) is 0.654. The third kappa shape index (κ3) is 1.48. The van der Waals surface area contributed by atoms with E-state index >= 15 is 0 Å². The molecule has 1 aromatic heterocycles. The van der Waals surface area contributed by atoms with Crippen LogP contribution in [0, 0.1) is 0 Å². The third-order valence-corrected chi connectivity index (χ3v) is 2.55. The van der Waals surface area contributed by atoms with Crippen LogP contribution < -0.4 is 0 Å². The molecular weight excluding hydrogens is 162 g/mol. The van der Waals surface area contributed by atoms with Gasteiger partial charge in [0.25, 0.3) is 0 Å². The lowest BCUT2D eigenvalue weighted by Gasteiger charge is -2.13. The number of rotatable bonds is 1. The molecule has 0 atom stereocenters. The summed E-state index contributed by atoms with van der Waals surface area (Å²) in [6.07, 6.45) is 5.46. The summed E-state index contributed by atoms with van der Waals surface area (Å²) in [5.41, 5.74) is 3.02. The van der Waals surface area contributed by atoms with Gasteiger partial charge in [-0.15, -0.1) is 0 Å². The van der Waals surface area contributed by atoms with Crippen molar-refractivity contribution in [3.8, 4) is 0 Å². The molecule has 68 valence electrons. The van der Waals surface area contributed by atoms with Crippen molar-refractivity contribution < 1.29 is 4.79 Å². The summed E-state index contributed by atoms with van der Waals surface area (Å²) in [5.74, 6) is 0.268. The standard InChI is InChI=1S/C11H13NO/c1-2-8-6-9-10(12-7-8)4-3-5-11(9)13/h6-7H,2-5H2,1H3. The molecule has 0 amide bonds. The van der Waals surface area contributed by atoms with Crippen molar-refractivity contribution in [3.63, 3.8) is 0 Å². The normalized spacial score (nSPS) is 15.6. The molecule has 1 aliphatic rings. The first-order chi connectivity index (χ1) is 6.31. The second-order valence-electron chi connectivity index (χ2n) is 3.47. The number of hydrogen-bond donors (Lipinski definition) is 0. The molecule has 2 heteroatoms. The van der Waals surface area contributed by atoms with Crippen molar-refractivity contribution in [2.75, 3.05) is 0 Å². The first-order valence-electron chi connectivity index (χ1n) is 4.82. The van der Waals surface area contributed by atoms with Crippen LogP contribution >= 0.6 is 0 Å². The topological polar surface area (TPSA) is 30.0 Å². The molecule has 1 aromatic rings. The minimum absolute atomic E-state index is 0.268. The number of pyridine rings is 1. The van der Waals surface area contributed by atoms with Gasteiger partial charge in [-0.1, -0.05) is 6.92 Å². The second-order valence-corrected chi connectivity index (χ2v) is 3.47. The largest absolute Gasteiger partial charge is 0.294 e. The van der Waals surface area contributed by atoms with Crippen LogP contribution in [0.1, 0.15) is 41.4 Å². The Morgan fingerprint density at radius 2 is 2.31 bits per heavy atom. The van der Waals surface area contributed by atoms with E-state index in [0.29, 0.717) is 6.42 Å². The summed E-state index contributed by atoms with van der Waals surface area (Å²) in [7, 11) is 0. The minimum Gasteiger partial charge on any atom is -0.294 e. The molecule has 0 N–H and O–H groups in total. The zero-order valence-corrected chi connectivity index (χ0v) is 7.84. The van der Waals surface area contributed by atoms with Crippen molar-refractivity contribution in [1.29, 1.82) is 0 Å². The Morgan fingerprint density at radius 3 is 3.08 bits per heavy atom. The van der Waals surface area contributed by atoms with Crippen LogP contribution in [0.15, 0.2) is 12.3 Å². The molecule has 2 nitrogen and oxygen atoms in total. The van der Waals surface area contributed by atoms with Crippen LogP contribution in [0.4, 0.5) is 0 Å². The lowest BCUT2D eigenvalue weighted by atomic mass is 9.93. The van der Waals surface area contributed by atoms with Crippen LogP contribution in [0.25, 0.3) is 0 Å². The van der Waals surface area contributed by atoms with E-state index in [1.165, 1.54) is 0 Å². The van der Waals surface area contributed by atoms with Gasteiger partial charge in [-0.3, -0.25) is 9.78 Å². The van der Waals surface area contributed by atoms with Crippen molar-refractivity contribution in [1.82, 2.24) is 4.98 Å². The Labute approximate surface area is 78.0 Å². The molecule has 1 heterocycles. The van der Waals surface area contributed by atoms with E-state index in [1.54, 1.807) is 0 Å². The van der Waals surface area contributed by atoms with Crippen LogP contribution in [-0.4, -0.2) is 10.8 Å². The average Bonchev–Trinajstić information content (AvgIpc) is 2.18. The maximum atomic E-state index is 11.5. The lowest BCUT2D eigenvalue weighted by Crippen LogP contribution is -2.12. The van der Waals surface area contributed by atoms with E-state index in [2.05, 4.69) is 11.9 Å². The Balaban J connectivity index is 2.47. The smallest absolute Gasteiger partial charge is 0.164 e. The van der Waals surface area contributed by atoms with E-state index in [1.807, 2.05) is 12.3 Å². The molecule has 1 aliphatic carbocycles. The summed E-state index contributed by atoms with van der Waals surface area (Å²) in [5, 5.41) is 0. The summed E-state index contributed by atoms with van der Waals surface area (Å²) >= 11 is 0. The zero-order valence-electron chi connectivity index (χ0n) is 7.84. The van der Waals surface area contributed by atoms with Gasteiger partial charge < -0.3 is 0 Å². The number of fused-ring (bicyclic) bond motifs is 1. The van der Waals surface area contributed by atoms with E-state index in [9.17, 15) is 4.79 Å². The summed E-state index contributed by atoms with van der Waals surface area (Å²) in [6.45, 7) is 2.08. The van der Waals surface area contributed by atoms with Gasteiger partial charge in [0.1, 0.15) is 0 Å². The average molecular weight is 175 g/mol. The number of hydrogen-bond acceptors (Lipinski definition) is 2. The number of carbonyl (C=O) groups is 1. The monoisotopic (exact) mass is 175 g/mol. The number of carbonyl (C=O) groups excluding carboxylic acids is 1. The van der Waals surface area contributed by atoms with E-state index < -0.39 is 0 Å². The molecule has 0 saturated carbocycles. The molecule has 13 heavy (non-hydrogen) atoms. The number of aryl methyl sites for hydroxylation is 2. The van der Waals surface area contributed by atoms with E-state index in [4.69, 9.17) is 0 Å². The Kier molecular flexibility index (Phi) is 2.13. The highest BCUT2D eigenvalue weighted by molar-refractivity contribution is 5.98. The first kappa shape index (κ1) is 8.42. The zero-order chi connectivity index (χ0) is 9.26. The van der Waals surface area contributed by atoms with Crippen molar-refractivity contribution >= 4 is 5.78 Å². The first-order valence-corrected chi connectivity index (χ1v) is 4.82. The predicted octanol–water partition coefficient (Wildman–Crippen LogP) is 2.16. The fourth-order valence-corrected chi connectivity index (χ4v) is 1.72. The fourth-order valence-electron chi connectivity index (χ4n) is 1.72. The number of aromatic nitrogens is 1. The van der Waals surface area contributed by atoms with Gasteiger partial charge in [0, 0.05) is 18.2 Å². The lowest BCUT2D eigenvalue weighted by molar-refractivity contribution is 0.0971. The maximum Gasteiger partial charge on any atom is 0.164 e. The highest BCUT2D eigenvalue weighted by Crippen LogP contribution is 2.20. The SMILES string of the molecule is CCc1cnc2c(c1)C(=O)CCC2. The number of nitrogens with zero attached hydrogens (tertiary/aromatic N) is 1. The van der Waals surface area contributed by atoms with Gasteiger partial charge in [0.2, 0.25) is 0 Å². The number of Topliss-reactive ketones (excluding diaryl/α,β-unsaturated/α-hetero) is 1. The summed E-state index contributed by atoms with van der Waals surface area (Å²) in [6, 6.07) is 2.00. The van der Waals surface area contributed by atoms with Crippen molar-refractivity contribution in [2.45, 2.75) is 32.6 Å². The van der Waals surface area contributed by atoms with Crippen molar-refractivity contribution in [3.05, 3.63) is 29.1 Å². The van der Waals surface area contributed by atoms with E-state index in [0.717, 1.165) is 36.1 Å². The molecule has 0 radical (unpaired) electrons. The third-order valence-electron chi connectivity index (χ3n) is 2.55. The van der Waals surface area contributed by atoms with Gasteiger partial charge in [-0.05, 0) is 30.9 Å². The summed E-state index contributed by atoms with van der Waals surface area (Å²) in [4.78, 5) is 15.8. The second kappa shape index (κ2) is 3.29. The van der Waals surface area contributed by atoms with Gasteiger partial charge in [-0.25, -0.2) is 0 Å². The number of ketones is 1. The van der Waals surface area contributed by atoms with E-state index in [-0.39, 0.29) is 5.78 Å². The van der Waals surface area contributed by atoms with Crippen molar-refractivity contribution in [2.24, 2.45) is 0 Å². The van der Waals surface area contributed by atoms with Gasteiger partial charge >= 0.3 is 0 Å². The molecule has 0 unspecified atom stereocenters. The van der Waals surface area contributed by atoms with Gasteiger partial charge in [0.15, 0.2) is 5.78 Å². The highest BCUT2D eigenvalue weighted by atomic mass is 16.1. The Morgan fingerprint density at radius 1 is 1.46 bits per heavy atom. The van der Waals surface area contributed by atoms with Gasteiger partial charge in [0.05, 0.1) is 5.69 Å². The minimum atomic E-state index is 0.268. The molecular formula is C11H13NO. The molecule has 0 spiro atoms. The Hall–Kier alpha value is -1.18. The highest BCUT2D eigenvalue weighted by Gasteiger charge is 2.17. The molecule has 0 aromatic carbocycles. The fraction of sp³-hybridized carbons (Fsp3) is 0.455. The molecule has 0 aliphatic heterocycles. The molecule has 0 saturated heterocycles. The molecule has 0 fully saturated rings. The predicted molar refractivity (Wildman–Crippen MR) is 50.9 cm³/mol.